The van der Waals surface area contributed by atoms with E-state index in [0.717, 1.165) is 0 Å². The number of hydrogen-bond donors (Lipinski definition) is 0. The van der Waals surface area contributed by atoms with Crippen molar-refractivity contribution < 1.29 is 27.0 Å². The van der Waals surface area contributed by atoms with Crippen LogP contribution in [-0.2, 0) is 11.3 Å². The van der Waals surface area contributed by atoms with Gasteiger partial charge in [-0.25, -0.2) is 4.39 Å². The second kappa shape index (κ2) is 9.29. The Balaban J connectivity index is 1.68. The second-order valence-corrected chi connectivity index (χ2v) is 6.78. The van der Waals surface area contributed by atoms with Crippen molar-refractivity contribution in [3.8, 4) is 11.5 Å². The van der Waals surface area contributed by atoms with Gasteiger partial charge in [0.25, 0.3) is 0 Å². The summed E-state index contributed by atoms with van der Waals surface area (Å²) < 4.78 is 65.1. The normalized spacial score (nSPS) is 12.6. The van der Waals surface area contributed by atoms with Gasteiger partial charge in [0.15, 0.2) is 11.6 Å². The van der Waals surface area contributed by atoms with Crippen LogP contribution in [0.2, 0.25) is 5.02 Å². The summed E-state index contributed by atoms with van der Waals surface area (Å²) in [5, 5.41) is 0.220. The molecule has 3 aromatic rings. The minimum atomic E-state index is -4.49. The molecule has 0 bridgehead atoms. The number of rotatable bonds is 7. The first-order chi connectivity index (χ1) is 13.8. The van der Waals surface area contributed by atoms with Crippen molar-refractivity contribution in [2.45, 2.75) is 18.7 Å². The summed E-state index contributed by atoms with van der Waals surface area (Å²) >= 11 is 5.81. The van der Waals surface area contributed by atoms with Crippen molar-refractivity contribution in [2.24, 2.45) is 0 Å². The van der Waals surface area contributed by atoms with E-state index in [1.807, 2.05) is 0 Å². The van der Waals surface area contributed by atoms with Crippen LogP contribution in [0, 0.1) is 5.82 Å². The minimum absolute atomic E-state index is 0.0252. The zero-order chi connectivity index (χ0) is 20.9. The van der Waals surface area contributed by atoms with Crippen LogP contribution in [0.1, 0.15) is 17.0 Å². The van der Waals surface area contributed by atoms with Crippen LogP contribution in [0.15, 0.2) is 72.8 Å². The highest BCUT2D eigenvalue weighted by Gasteiger charge is 2.41. The average molecular weight is 425 g/mol. The molecule has 0 amide bonds. The van der Waals surface area contributed by atoms with Crippen molar-refractivity contribution >= 4 is 11.6 Å². The highest BCUT2D eigenvalue weighted by Crippen LogP contribution is 2.36. The molecule has 3 aromatic carbocycles. The number of ether oxygens (including phenoxy) is 2. The Bertz CT molecular complexity index is 945. The van der Waals surface area contributed by atoms with E-state index in [2.05, 4.69) is 0 Å². The van der Waals surface area contributed by atoms with Gasteiger partial charge in [-0.2, -0.15) is 13.2 Å². The molecule has 1 unspecified atom stereocenters. The van der Waals surface area contributed by atoms with E-state index >= 15 is 0 Å². The molecular formula is C22H17ClF4O2. The number of hydrogen-bond acceptors (Lipinski definition) is 2. The van der Waals surface area contributed by atoms with Gasteiger partial charge in [-0.05, 0) is 47.5 Å². The largest absolute Gasteiger partial charge is 0.454 e. The van der Waals surface area contributed by atoms with Gasteiger partial charge in [0.1, 0.15) is 11.7 Å². The SMILES string of the molecule is Fc1ccc(COCC(c2cccc(Cl)c2)C(F)(F)F)cc1Oc1ccccc1. The predicted molar refractivity (Wildman–Crippen MR) is 103 cm³/mol. The maximum Gasteiger partial charge on any atom is 0.397 e. The molecule has 0 spiro atoms. The summed E-state index contributed by atoms with van der Waals surface area (Å²) in [4.78, 5) is 0. The van der Waals surface area contributed by atoms with Crippen molar-refractivity contribution in [1.82, 2.24) is 0 Å². The zero-order valence-corrected chi connectivity index (χ0v) is 15.9. The van der Waals surface area contributed by atoms with Gasteiger partial charge in [0, 0.05) is 5.02 Å². The van der Waals surface area contributed by atoms with Crippen molar-refractivity contribution in [3.63, 3.8) is 0 Å². The first-order valence-corrected chi connectivity index (χ1v) is 9.12. The summed E-state index contributed by atoms with van der Waals surface area (Å²) in [5.41, 5.74) is 0.515. The van der Waals surface area contributed by atoms with E-state index in [4.69, 9.17) is 21.1 Å². The minimum Gasteiger partial charge on any atom is -0.454 e. The third kappa shape index (κ3) is 5.95. The zero-order valence-electron chi connectivity index (χ0n) is 15.1. The highest BCUT2D eigenvalue weighted by molar-refractivity contribution is 6.30. The molecule has 0 saturated heterocycles. The lowest BCUT2D eigenvalue weighted by atomic mass is 9.99. The Morgan fingerprint density at radius 3 is 2.34 bits per heavy atom. The molecule has 3 rings (SSSR count). The first-order valence-electron chi connectivity index (χ1n) is 8.74. The molecule has 152 valence electrons. The molecule has 0 aliphatic rings. The Labute approximate surface area is 170 Å². The quantitative estimate of drug-likeness (QED) is 0.375. The van der Waals surface area contributed by atoms with Gasteiger partial charge in [-0.15, -0.1) is 0 Å². The fourth-order valence-electron chi connectivity index (χ4n) is 2.73. The van der Waals surface area contributed by atoms with E-state index in [0.29, 0.717) is 11.3 Å². The number of para-hydroxylation sites is 1. The van der Waals surface area contributed by atoms with E-state index in [1.165, 1.54) is 42.5 Å². The van der Waals surface area contributed by atoms with Crippen LogP contribution in [0.25, 0.3) is 0 Å². The maximum absolute atomic E-state index is 14.0. The topological polar surface area (TPSA) is 18.5 Å². The lowest BCUT2D eigenvalue weighted by Gasteiger charge is -2.21. The third-order valence-corrected chi connectivity index (χ3v) is 4.40. The number of benzene rings is 3. The monoisotopic (exact) mass is 424 g/mol. The fourth-order valence-corrected chi connectivity index (χ4v) is 2.93. The molecule has 0 fully saturated rings. The third-order valence-electron chi connectivity index (χ3n) is 4.17. The number of halogens is 5. The van der Waals surface area contributed by atoms with Gasteiger partial charge in [0.05, 0.1) is 13.2 Å². The Morgan fingerprint density at radius 2 is 1.66 bits per heavy atom. The molecule has 1 atom stereocenters. The molecule has 2 nitrogen and oxygen atoms in total. The predicted octanol–water partition coefficient (Wildman–Crippen LogP) is 7.13. The molecule has 7 heteroatoms. The van der Waals surface area contributed by atoms with E-state index in [1.54, 1.807) is 30.3 Å². The van der Waals surface area contributed by atoms with Crippen LogP contribution >= 0.6 is 11.6 Å². The highest BCUT2D eigenvalue weighted by atomic mass is 35.5. The van der Waals surface area contributed by atoms with Gasteiger partial charge in [-0.3, -0.25) is 0 Å². The van der Waals surface area contributed by atoms with Crippen molar-refractivity contribution in [2.75, 3.05) is 6.61 Å². The van der Waals surface area contributed by atoms with E-state index in [9.17, 15) is 17.6 Å². The van der Waals surface area contributed by atoms with Crippen molar-refractivity contribution in [1.29, 1.82) is 0 Å². The second-order valence-electron chi connectivity index (χ2n) is 6.34. The molecule has 0 radical (unpaired) electrons. The molecule has 0 aliphatic heterocycles. The lowest BCUT2D eigenvalue weighted by Crippen LogP contribution is -2.25. The summed E-state index contributed by atoms with van der Waals surface area (Å²) in [6.07, 6.45) is -4.49. The van der Waals surface area contributed by atoms with Gasteiger partial charge in [-0.1, -0.05) is 48.0 Å². The van der Waals surface area contributed by atoms with Gasteiger partial charge in [0.2, 0.25) is 0 Å². The van der Waals surface area contributed by atoms with Crippen LogP contribution in [0.4, 0.5) is 17.6 Å². The van der Waals surface area contributed by atoms with E-state index in [-0.39, 0.29) is 22.9 Å². The van der Waals surface area contributed by atoms with Crippen LogP contribution in [0.3, 0.4) is 0 Å². The Hall–Kier alpha value is -2.57. The maximum atomic E-state index is 14.0. The van der Waals surface area contributed by atoms with Crippen LogP contribution in [-0.4, -0.2) is 12.8 Å². The fraction of sp³-hybridized carbons (Fsp3) is 0.182. The molecule has 0 aromatic heterocycles. The Morgan fingerprint density at radius 1 is 0.897 bits per heavy atom. The molecule has 0 aliphatic carbocycles. The summed E-state index contributed by atoms with van der Waals surface area (Å²) in [6, 6.07) is 18.3. The molecule has 0 heterocycles. The van der Waals surface area contributed by atoms with Gasteiger partial charge >= 0.3 is 6.18 Å². The van der Waals surface area contributed by atoms with E-state index < -0.39 is 24.5 Å². The molecule has 0 N–H and O–H groups in total. The van der Waals surface area contributed by atoms with Gasteiger partial charge < -0.3 is 9.47 Å². The molecule has 29 heavy (non-hydrogen) atoms. The molecule has 0 saturated carbocycles. The van der Waals surface area contributed by atoms with Crippen LogP contribution < -0.4 is 4.74 Å². The smallest absolute Gasteiger partial charge is 0.397 e. The summed E-state index contributed by atoms with van der Waals surface area (Å²) in [7, 11) is 0. The van der Waals surface area contributed by atoms with Crippen LogP contribution in [0.5, 0.6) is 11.5 Å². The standard InChI is InChI=1S/C22H17ClF4O2/c23-17-6-4-5-16(12-17)19(22(25,26)27)14-28-13-15-9-10-20(24)21(11-15)29-18-7-2-1-3-8-18/h1-12,19H,13-14H2. The Kier molecular flexibility index (Phi) is 6.77. The molecular weight excluding hydrogens is 408 g/mol. The average Bonchev–Trinajstić information content (AvgIpc) is 2.67. The number of alkyl halides is 3. The van der Waals surface area contributed by atoms with Crippen molar-refractivity contribution in [3.05, 3.63) is 94.8 Å². The lowest BCUT2D eigenvalue weighted by molar-refractivity contribution is -0.163. The summed E-state index contributed by atoms with van der Waals surface area (Å²) in [6.45, 7) is -0.714. The first kappa shape index (κ1) is 21.1. The summed E-state index contributed by atoms with van der Waals surface area (Å²) in [5.74, 6) is -1.98.